The van der Waals surface area contributed by atoms with Gasteiger partial charge in [-0.1, -0.05) is 6.07 Å². The molecular formula is C13H16F2N2O3S. The van der Waals surface area contributed by atoms with Crippen LogP contribution in [0.3, 0.4) is 0 Å². The van der Waals surface area contributed by atoms with Crippen molar-refractivity contribution in [2.45, 2.75) is 18.8 Å². The highest BCUT2D eigenvalue weighted by atomic mass is 32.2. The molecule has 0 aliphatic heterocycles. The second-order valence-corrected chi connectivity index (χ2v) is 6.83. The van der Waals surface area contributed by atoms with Gasteiger partial charge in [0.2, 0.25) is 15.9 Å². The molecule has 1 amide bonds. The normalized spacial score (nSPS) is 21.1. The average molecular weight is 318 g/mol. The lowest BCUT2D eigenvalue weighted by molar-refractivity contribution is -0.122. The van der Waals surface area contributed by atoms with Gasteiger partial charge in [-0.25, -0.2) is 22.3 Å². The summed E-state index contributed by atoms with van der Waals surface area (Å²) >= 11 is 0. The first-order chi connectivity index (χ1) is 9.79. The van der Waals surface area contributed by atoms with Gasteiger partial charge in [0, 0.05) is 23.9 Å². The fraction of sp³-hybridized carbons (Fsp3) is 0.462. The Morgan fingerprint density at radius 1 is 1.33 bits per heavy atom. The number of carbonyl (C=O) groups is 1. The van der Waals surface area contributed by atoms with Crippen LogP contribution in [0.25, 0.3) is 0 Å². The maximum absolute atomic E-state index is 13.6. The molecule has 8 heteroatoms. The molecule has 116 valence electrons. The molecule has 1 saturated carbocycles. The number of nitrogens with one attached hydrogen (secondary N) is 1. The van der Waals surface area contributed by atoms with Crippen molar-refractivity contribution < 1.29 is 22.0 Å². The van der Waals surface area contributed by atoms with E-state index in [-0.39, 0.29) is 30.2 Å². The smallest absolute Gasteiger partial charge is 0.223 e. The molecule has 0 heterocycles. The number of amides is 1. The molecule has 21 heavy (non-hydrogen) atoms. The highest BCUT2D eigenvalue weighted by Gasteiger charge is 2.46. The Morgan fingerprint density at radius 2 is 1.95 bits per heavy atom. The number of hydrogen-bond acceptors (Lipinski definition) is 3. The Hall–Kier alpha value is -1.54. The first-order valence-corrected chi connectivity index (χ1v) is 8.23. The second kappa shape index (κ2) is 6.07. The number of nitrogens with two attached hydrogens (primary N) is 1. The monoisotopic (exact) mass is 318 g/mol. The van der Waals surface area contributed by atoms with Crippen molar-refractivity contribution >= 4 is 15.9 Å². The van der Waals surface area contributed by atoms with E-state index in [0.29, 0.717) is 6.42 Å². The SMILES string of the molecule is NS(=O)(=O)CCCNC(=O)[C@@H]1C[C@H]1c1c(F)cccc1F. The largest absolute Gasteiger partial charge is 0.356 e. The van der Waals surface area contributed by atoms with Crippen LogP contribution in [0.15, 0.2) is 18.2 Å². The van der Waals surface area contributed by atoms with Crippen LogP contribution in [0.4, 0.5) is 8.78 Å². The number of benzene rings is 1. The predicted molar refractivity (Wildman–Crippen MR) is 72.8 cm³/mol. The van der Waals surface area contributed by atoms with E-state index in [9.17, 15) is 22.0 Å². The highest BCUT2D eigenvalue weighted by molar-refractivity contribution is 7.89. The molecule has 2 rings (SSSR count). The third-order valence-electron chi connectivity index (χ3n) is 3.40. The van der Waals surface area contributed by atoms with Crippen molar-refractivity contribution in [1.82, 2.24) is 5.32 Å². The van der Waals surface area contributed by atoms with E-state index in [4.69, 9.17) is 5.14 Å². The summed E-state index contributed by atoms with van der Waals surface area (Å²) in [6.45, 7) is 0.165. The predicted octanol–water partition coefficient (Wildman–Crippen LogP) is 0.863. The van der Waals surface area contributed by atoms with Gasteiger partial charge in [-0.2, -0.15) is 0 Å². The molecule has 0 aromatic heterocycles. The summed E-state index contributed by atoms with van der Waals surface area (Å²) < 4.78 is 48.6. The topological polar surface area (TPSA) is 89.3 Å². The number of halogens is 2. The van der Waals surface area contributed by atoms with Gasteiger partial charge in [-0.05, 0) is 25.0 Å². The first-order valence-electron chi connectivity index (χ1n) is 6.51. The molecule has 0 spiro atoms. The fourth-order valence-corrected chi connectivity index (χ4v) is 2.83. The van der Waals surface area contributed by atoms with Crippen LogP contribution in [0, 0.1) is 17.6 Å². The summed E-state index contributed by atoms with van der Waals surface area (Å²) in [6, 6.07) is 3.61. The fourth-order valence-electron chi connectivity index (χ4n) is 2.28. The van der Waals surface area contributed by atoms with Crippen molar-refractivity contribution in [3.63, 3.8) is 0 Å². The molecule has 0 saturated heterocycles. The molecule has 1 aliphatic rings. The molecule has 5 nitrogen and oxygen atoms in total. The maximum Gasteiger partial charge on any atom is 0.223 e. The Bertz CT molecular complexity index is 629. The Morgan fingerprint density at radius 3 is 2.52 bits per heavy atom. The standard InChI is InChI=1S/C13H16F2N2O3S/c14-10-3-1-4-11(15)12(10)8-7-9(8)13(18)17-5-2-6-21(16,19)20/h1,3-4,8-9H,2,5-7H2,(H,17,18)(H2,16,19,20)/t8-,9-/m1/s1. The van der Waals surface area contributed by atoms with Crippen molar-refractivity contribution in [1.29, 1.82) is 0 Å². The van der Waals surface area contributed by atoms with Crippen LogP contribution in [0.1, 0.15) is 24.3 Å². The van der Waals surface area contributed by atoms with Crippen LogP contribution in [0.2, 0.25) is 0 Å². The molecule has 2 atom stereocenters. The van der Waals surface area contributed by atoms with E-state index in [1.165, 1.54) is 6.07 Å². The summed E-state index contributed by atoms with van der Waals surface area (Å²) in [6.07, 6.45) is 0.592. The van der Waals surface area contributed by atoms with Crippen LogP contribution in [0.5, 0.6) is 0 Å². The van der Waals surface area contributed by atoms with Gasteiger partial charge in [0.25, 0.3) is 0 Å². The number of hydrogen-bond donors (Lipinski definition) is 2. The van der Waals surface area contributed by atoms with Gasteiger partial charge >= 0.3 is 0 Å². The number of rotatable bonds is 6. The summed E-state index contributed by atoms with van der Waals surface area (Å²) in [5, 5.41) is 7.38. The van der Waals surface area contributed by atoms with Crippen LogP contribution in [-0.2, 0) is 14.8 Å². The van der Waals surface area contributed by atoms with Gasteiger partial charge < -0.3 is 5.32 Å². The van der Waals surface area contributed by atoms with Gasteiger partial charge in [0.05, 0.1) is 5.75 Å². The van der Waals surface area contributed by atoms with E-state index < -0.39 is 33.5 Å². The lowest BCUT2D eigenvalue weighted by Crippen LogP contribution is -2.28. The summed E-state index contributed by atoms with van der Waals surface area (Å²) in [7, 11) is -3.54. The molecule has 1 aromatic carbocycles. The minimum absolute atomic E-state index is 0.0535. The van der Waals surface area contributed by atoms with E-state index in [0.717, 1.165) is 12.1 Å². The van der Waals surface area contributed by atoms with Gasteiger partial charge in [0.15, 0.2) is 0 Å². The summed E-state index contributed by atoms with van der Waals surface area (Å²) in [4.78, 5) is 11.8. The minimum atomic E-state index is -3.54. The van der Waals surface area contributed by atoms with Crippen molar-refractivity contribution in [3.8, 4) is 0 Å². The Kier molecular flexibility index (Phi) is 4.58. The van der Waals surface area contributed by atoms with E-state index in [1.54, 1.807) is 0 Å². The molecule has 1 fully saturated rings. The van der Waals surface area contributed by atoms with Crippen LogP contribution < -0.4 is 10.5 Å². The number of carbonyl (C=O) groups excluding carboxylic acids is 1. The number of primary sulfonamides is 1. The molecule has 0 bridgehead atoms. The summed E-state index contributed by atoms with van der Waals surface area (Å²) in [5.41, 5.74) is -0.0535. The van der Waals surface area contributed by atoms with Crippen molar-refractivity contribution in [2.24, 2.45) is 11.1 Å². The van der Waals surface area contributed by atoms with Crippen LogP contribution in [-0.4, -0.2) is 26.6 Å². The van der Waals surface area contributed by atoms with Gasteiger partial charge in [0.1, 0.15) is 11.6 Å². The molecule has 3 N–H and O–H groups in total. The minimum Gasteiger partial charge on any atom is -0.356 e. The van der Waals surface area contributed by atoms with E-state index >= 15 is 0 Å². The number of sulfonamides is 1. The lowest BCUT2D eigenvalue weighted by atomic mass is 10.1. The Labute approximate surface area is 121 Å². The van der Waals surface area contributed by atoms with Crippen molar-refractivity contribution in [2.75, 3.05) is 12.3 Å². The second-order valence-electron chi connectivity index (χ2n) is 5.10. The van der Waals surface area contributed by atoms with Crippen LogP contribution >= 0.6 is 0 Å². The zero-order valence-electron chi connectivity index (χ0n) is 11.2. The molecular weight excluding hydrogens is 302 g/mol. The maximum atomic E-state index is 13.6. The summed E-state index contributed by atoms with van der Waals surface area (Å²) in [5.74, 6) is -2.76. The van der Waals surface area contributed by atoms with Crippen molar-refractivity contribution in [3.05, 3.63) is 35.4 Å². The molecule has 0 unspecified atom stereocenters. The first kappa shape index (κ1) is 15.8. The zero-order chi connectivity index (χ0) is 15.6. The third-order valence-corrected chi connectivity index (χ3v) is 4.26. The average Bonchev–Trinajstić information content (AvgIpc) is 3.13. The quantitative estimate of drug-likeness (QED) is 0.763. The molecule has 0 radical (unpaired) electrons. The van der Waals surface area contributed by atoms with E-state index in [1.807, 2.05) is 0 Å². The van der Waals surface area contributed by atoms with Gasteiger partial charge in [-0.15, -0.1) is 0 Å². The lowest BCUT2D eigenvalue weighted by Gasteiger charge is -2.06. The molecule has 1 aliphatic carbocycles. The molecule has 1 aromatic rings. The zero-order valence-corrected chi connectivity index (χ0v) is 12.0. The Balaban J connectivity index is 1.84. The highest BCUT2D eigenvalue weighted by Crippen LogP contribution is 2.49. The van der Waals surface area contributed by atoms with Gasteiger partial charge in [-0.3, -0.25) is 4.79 Å². The third kappa shape index (κ3) is 4.21. The van der Waals surface area contributed by atoms with E-state index in [2.05, 4.69) is 5.32 Å².